The molecule has 2 aliphatic rings. The number of rotatable bonds is 6. The Morgan fingerprint density at radius 1 is 1.00 bits per heavy atom. The molecule has 9 heteroatoms. The van der Waals surface area contributed by atoms with Crippen molar-refractivity contribution in [2.75, 3.05) is 26.4 Å². The van der Waals surface area contributed by atoms with Crippen LogP contribution < -0.4 is 0 Å². The zero-order valence-electron chi connectivity index (χ0n) is 12.7. The smallest absolute Gasteiger partial charge is 0.324 e. The molecule has 124 valence electrons. The van der Waals surface area contributed by atoms with Crippen LogP contribution in [0.25, 0.3) is 0 Å². The molecular formula is C12H23O7PS. The summed E-state index contributed by atoms with van der Waals surface area (Å²) in [6.07, 6.45) is -0.522. The molecule has 2 heterocycles. The molecule has 21 heavy (non-hydrogen) atoms. The molecule has 0 spiro atoms. The maximum atomic E-state index is 9.98. The third-order valence-corrected chi connectivity index (χ3v) is 4.56. The van der Waals surface area contributed by atoms with Gasteiger partial charge in [-0.25, -0.2) is 0 Å². The van der Waals surface area contributed by atoms with Gasteiger partial charge in [-0.15, -0.1) is 0 Å². The number of hydrogen-bond acceptors (Lipinski definition) is 7. The third-order valence-electron chi connectivity index (χ3n) is 2.98. The Bertz CT molecular complexity index is 380. The van der Waals surface area contributed by atoms with Gasteiger partial charge in [0.2, 0.25) is 0 Å². The lowest BCUT2D eigenvalue weighted by atomic mass is 10.4. The third kappa shape index (κ3) is 5.82. The SMILES string of the molecule is CC1(C)OCC(COP(O)(=S)OCC2COC(C)(C)O2)O1. The minimum atomic E-state index is -3.32. The molecule has 1 N–H and O–H groups in total. The molecular weight excluding hydrogens is 319 g/mol. The van der Waals surface area contributed by atoms with E-state index in [9.17, 15) is 4.89 Å². The quantitative estimate of drug-likeness (QED) is 0.729. The molecule has 0 aromatic heterocycles. The van der Waals surface area contributed by atoms with Crippen LogP contribution >= 0.6 is 6.72 Å². The first-order valence-corrected chi connectivity index (χ1v) is 9.41. The van der Waals surface area contributed by atoms with Crippen molar-refractivity contribution in [3.63, 3.8) is 0 Å². The molecule has 0 aromatic carbocycles. The summed E-state index contributed by atoms with van der Waals surface area (Å²) in [5, 5.41) is 0. The Balaban J connectivity index is 1.69. The molecule has 0 aromatic rings. The van der Waals surface area contributed by atoms with Crippen LogP contribution in [0.3, 0.4) is 0 Å². The van der Waals surface area contributed by atoms with Crippen LogP contribution in [-0.4, -0.2) is 55.1 Å². The van der Waals surface area contributed by atoms with Crippen molar-refractivity contribution < 1.29 is 32.9 Å². The molecule has 2 atom stereocenters. The second-order valence-electron chi connectivity index (χ2n) is 5.96. The topological polar surface area (TPSA) is 75.6 Å². The largest absolute Gasteiger partial charge is 0.348 e. The van der Waals surface area contributed by atoms with Gasteiger partial charge in [0.25, 0.3) is 0 Å². The van der Waals surface area contributed by atoms with Gasteiger partial charge in [0.15, 0.2) is 11.6 Å². The summed E-state index contributed by atoms with van der Waals surface area (Å²) in [5.74, 6) is -1.26. The van der Waals surface area contributed by atoms with Crippen LogP contribution in [0.1, 0.15) is 27.7 Å². The van der Waals surface area contributed by atoms with Gasteiger partial charge < -0.3 is 32.9 Å². The van der Waals surface area contributed by atoms with Crippen molar-refractivity contribution >= 4 is 18.5 Å². The van der Waals surface area contributed by atoms with Crippen molar-refractivity contribution in [2.45, 2.75) is 51.5 Å². The summed E-state index contributed by atoms with van der Waals surface area (Å²) in [4.78, 5) is 9.98. The van der Waals surface area contributed by atoms with E-state index in [1.807, 2.05) is 27.7 Å². The van der Waals surface area contributed by atoms with E-state index in [1.165, 1.54) is 0 Å². The highest BCUT2D eigenvalue weighted by Gasteiger charge is 2.36. The Hall–Kier alpha value is 0.370. The normalized spacial score (nSPS) is 34.0. The minimum Gasteiger partial charge on any atom is -0.348 e. The molecule has 2 aliphatic heterocycles. The van der Waals surface area contributed by atoms with Gasteiger partial charge in [-0.1, -0.05) is 0 Å². The van der Waals surface area contributed by atoms with Crippen molar-refractivity contribution in [3.05, 3.63) is 0 Å². The van der Waals surface area contributed by atoms with Crippen LogP contribution in [0.15, 0.2) is 0 Å². The molecule has 7 nitrogen and oxygen atoms in total. The molecule has 0 radical (unpaired) electrons. The number of hydrogen-bond donors (Lipinski definition) is 1. The van der Waals surface area contributed by atoms with E-state index in [1.54, 1.807) is 0 Å². The standard InChI is InChI=1S/C12H23O7PS/c1-11(2)14-5-9(18-11)7-16-20(13,21)17-8-10-6-15-12(3,4)19-10/h9-10H,5-8H2,1-4H3,(H,13,21). The van der Waals surface area contributed by atoms with Crippen LogP contribution in [0.4, 0.5) is 0 Å². The van der Waals surface area contributed by atoms with Gasteiger partial charge in [0.05, 0.1) is 26.4 Å². The van der Waals surface area contributed by atoms with Gasteiger partial charge >= 0.3 is 6.72 Å². The van der Waals surface area contributed by atoms with Gasteiger partial charge in [-0.2, -0.15) is 0 Å². The lowest BCUT2D eigenvalue weighted by Crippen LogP contribution is -2.25. The molecule has 0 aliphatic carbocycles. The lowest BCUT2D eigenvalue weighted by Gasteiger charge is -2.21. The van der Waals surface area contributed by atoms with Gasteiger partial charge in [-0.05, 0) is 39.5 Å². The Kier molecular flexibility index (Phi) is 5.46. The Morgan fingerprint density at radius 3 is 1.67 bits per heavy atom. The molecule has 0 amide bonds. The predicted molar refractivity (Wildman–Crippen MR) is 78.2 cm³/mol. The van der Waals surface area contributed by atoms with Crippen LogP contribution in [0, 0.1) is 0 Å². The minimum absolute atomic E-state index is 0.130. The fourth-order valence-corrected chi connectivity index (χ4v) is 3.23. The van der Waals surface area contributed by atoms with Crippen molar-refractivity contribution in [2.24, 2.45) is 0 Å². The Labute approximate surface area is 130 Å². The van der Waals surface area contributed by atoms with E-state index in [0.29, 0.717) is 13.2 Å². The first-order chi connectivity index (χ1) is 9.57. The van der Waals surface area contributed by atoms with Gasteiger partial charge in [0, 0.05) is 0 Å². The first kappa shape index (κ1) is 17.7. The maximum absolute atomic E-state index is 9.98. The average Bonchev–Trinajstić information content (AvgIpc) is 2.87. The van der Waals surface area contributed by atoms with Crippen LogP contribution in [0.2, 0.25) is 0 Å². The molecule has 2 fully saturated rings. The van der Waals surface area contributed by atoms with E-state index < -0.39 is 18.3 Å². The predicted octanol–water partition coefficient (Wildman–Crippen LogP) is 1.54. The highest BCUT2D eigenvalue weighted by Crippen LogP contribution is 2.45. The second-order valence-corrected chi connectivity index (χ2v) is 8.80. The Morgan fingerprint density at radius 2 is 1.38 bits per heavy atom. The fourth-order valence-electron chi connectivity index (χ4n) is 2.08. The maximum Gasteiger partial charge on any atom is 0.324 e. The summed E-state index contributed by atoms with van der Waals surface area (Å²) in [6.45, 7) is 5.01. The summed E-state index contributed by atoms with van der Waals surface area (Å²) in [7, 11) is 0. The fraction of sp³-hybridized carbons (Fsp3) is 1.00. The van der Waals surface area contributed by atoms with E-state index in [2.05, 4.69) is 0 Å². The van der Waals surface area contributed by atoms with E-state index in [-0.39, 0.29) is 25.4 Å². The molecule has 0 bridgehead atoms. The summed E-state index contributed by atoms with van der Waals surface area (Å²) in [5.41, 5.74) is 0. The van der Waals surface area contributed by atoms with Gasteiger partial charge in [0.1, 0.15) is 12.2 Å². The molecule has 2 saturated heterocycles. The number of ether oxygens (including phenoxy) is 4. The summed E-state index contributed by atoms with van der Waals surface area (Å²) >= 11 is 4.96. The van der Waals surface area contributed by atoms with Crippen molar-refractivity contribution in [1.82, 2.24) is 0 Å². The van der Waals surface area contributed by atoms with Crippen LogP contribution in [-0.2, 0) is 39.8 Å². The second kappa shape index (κ2) is 6.47. The first-order valence-electron chi connectivity index (χ1n) is 6.82. The molecule has 2 unspecified atom stereocenters. The summed E-state index contributed by atoms with van der Waals surface area (Å²) < 4.78 is 32.5. The van der Waals surface area contributed by atoms with Crippen molar-refractivity contribution in [1.29, 1.82) is 0 Å². The monoisotopic (exact) mass is 342 g/mol. The van der Waals surface area contributed by atoms with E-state index in [4.69, 9.17) is 39.8 Å². The zero-order valence-corrected chi connectivity index (χ0v) is 14.4. The molecule has 2 rings (SSSR count). The summed E-state index contributed by atoms with van der Waals surface area (Å²) in [6, 6.07) is 0. The van der Waals surface area contributed by atoms with Crippen molar-refractivity contribution in [3.8, 4) is 0 Å². The molecule has 0 saturated carbocycles. The highest BCUT2D eigenvalue weighted by atomic mass is 32.5. The van der Waals surface area contributed by atoms with Crippen LogP contribution in [0.5, 0.6) is 0 Å². The van der Waals surface area contributed by atoms with E-state index >= 15 is 0 Å². The highest BCUT2D eigenvalue weighted by molar-refractivity contribution is 8.07. The van der Waals surface area contributed by atoms with E-state index in [0.717, 1.165) is 0 Å². The average molecular weight is 342 g/mol. The van der Waals surface area contributed by atoms with Gasteiger partial charge in [-0.3, -0.25) is 0 Å². The lowest BCUT2D eigenvalue weighted by molar-refractivity contribution is -0.143. The zero-order chi connectivity index (χ0) is 15.7.